The summed E-state index contributed by atoms with van der Waals surface area (Å²) in [7, 11) is 0. The normalized spacial score (nSPS) is 19.3. The zero-order valence-corrected chi connectivity index (χ0v) is 20.6. The minimum atomic E-state index is -4.48. The lowest BCUT2D eigenvalue weighted by Crippen LogP contribution is -2.38. The Labute approximate surface area is 216 Å². The summed E-state index contributed by atoms with van der Waals surface area (Å²) in [6.07, 6.45) is -0.642. The van der Waals surface area contributed by atoms with E-state index in [2.05, 4.69) is 15.2 Å². The topological polar surface area (TPSA) is 72.3 Å². The number of nitrogens with zero attached hydrogens (tertiary/aromatic N) is 5. The Morgan fingerprint density at radius 2 is 1.72 bits per heavy atom. The van der Waals surface area contributed by atoms with Crippen LogP contribution in [0, 0.1) is 5.82 Å². The van der Waals surface area contributed by atoms with Crippen LogP contribution in [0.2, 0.25) is 0 Å². The van der Waals surface area contributed by atoms with Gasteiger partial charge in [-0.1, -0.05) is 24.3 Å². The second-order valence-electron chi connectivity index (χ2n) is 9.21. The molecule has 3 aromatic heterocycles. The number of hydrogen-bond donors (Lipinski definition) is 1. The molecule has 192 valence electrons. The maximum absolute atomic E-state index is 15.2. The number of alkyl halides is 3. The molecule has 0 bridgehead atoms. The van der Waals surface area contributed by atoms with E-state index in [1.54, 1.807) is 18.2 Å². The number of nitrogens with two attached hydrogens (primary N) is 1. The van der Waals surface area contributed by atoms with Crippen molar-refractivity contribution in [3.63, 3.8) is 0 Å². The first-order valence-electron chi connectivity index (χ1n) is 11.3. The van der Waals surface area contributed by atoms with Crippen molar-refractivity contribution in [1.82, 2.24) is 24.5 Å². The Morgan fingerprint density at radius 3 is 2.39 bits per heavy atom. The summed E-state index contributed by atoms with van der Waals surface area (Å²) in [6.45, 7) is 0.444. The monoisotopic (exact) mass is 542 g/mol. The number of aromatic nitrogens is 4. The predicted molar refractivity (Wildman–Crippen MR) is 133 cm³/mol. The molecule has 1 aromatic carbocycles. The molecule has 0 amide bonds. The van der Waals surface area contributed by atoms with Crippen molar-refractivity contribution in [3.05, 3.63) is 59.5 Å². The number of likely N-dealkylation sites (tertiary alicyclic amines) is 1. The van der Waals surface area contributed by atoms with Crippen molar-refractivity contribution in [2.75, 3.05) is 13.1 Å². The molecule has 2 atom stereocenters. The van der Waals surface area contributed by atoms with E-state index in [0.29, 0.717) is 28.7 Å². The van der Waals surface area contributed by atoms with Crippen LogP contribution in [0.3, 0.4) is 0 Å². The summed E-state index contributed by atoms with van der Waals surface area (Å²) >= 11 is 0. The molecule has 2 aliphatic rings. The lowest BCUT2D eigenvalue weighted by Gasteiger charge is -2.30. The molecule has 12 heteroatoms. The van der Waals surface area contributed by atoms with Crippen LogP contribution in [0.25, 0.3) is 28.1 Å². The van der Waals surface area contributed by atoms with Gasteiger partial charge in [0.05, 0.1) is 0 Å². The molecule has 4 heterocycles. The summed E-state index contributed by atoms with van der Waals surface area (Å²) in [6, 6.07) is 7.93. The Kier molecular flexibility index (Phi) is 7.18. The highest BCUT2D eigenvalue weighted by molar-refractivity contribution is 5.85. The molecule has 2 N–H and O–H groups in total. The zero-order valence-electron chi connectivity index (χ0n) is 19.0. The molecule has 0 spiro atoms. The second-order valence-corrected chi connectivity index (χ2v) is 9.21. The van der Waals surface area contributed by atoms with Gasteiger partial charge in [-0.2, -0.15) is 13.2 Å². The fourth-order valence-electron chi connectivity index (χ4n) is 4.90. The van der Waals surface area contributed by atoms with E-state index in [1.807, 2.05) is 6.07 Å². The van der Waals surface area contributed by atoms with Gasteiger partial charge in [-0.15, -0.1) is 35.0 Å². The largest absolute Gasteiger partial charge is 0.408 e. The summed E-state index contributed by atoms with van der Waals surface area (Å²) in [5.74, 6) is 0.136. The van der Waals surface area contributed by atoms with Crippen LogP contribution in [-0.2, 0) is 0 Å². The van der Waals surface area contributed by atoms with Gasteiger partial charge in [0.2, 0.25) is 0 Å². The number of fused-ring (bicyclic) bond motifs is 2. The molecule has 36 heavy (non-hydrogen) atoms. The number of rotatable bonds is 4. The van der Waals surface area contributed by atoms with E-state index in [-0.39, 0.29) is 72.6 Å². The maximum atomic E-state index is 15.2. The van der Waals surface area contributed by atoms with Crippen LogP contribution < -0.4 is 5.73 Å². The van der Waals surface area contributed by atoms with Crippen molar-refractivity contribution in [2.24, 2.45) is 5.73 Å². The van der Waals surface area contributed by atoms with Gasteiger partial charge in [-0.3, -0.25) is 9.30 Å². The lowest BCUT2D eigenvalue weighted by molar-refractivity contribution is -0.183. The minimum Gasteiger partial charge on any atom is -0.326 e. The molecule has 1 saturated carbocycles. The van der Waals surface area contributed by atoms with Crippen molar-refractivity contribution < 1.29 is 17.6 Å². The minimum absolute atomic E-state index is 0. The van der Waals surface area contributed by atoms with Crippen LogP contribution in [0.15, 0.2) is 42.6 Å². The summed E-state index contributed by atoms with van der Waals surface area (Å²) in [5.41, 5.74) is 7.55. The smallest absolute Gasteiger partial charge is 0.326 e. The first-order valence-corrected chi connectivity index (χ1v) is 11.3. The van der Waals surface area contributed by atoms with Crippen LogP contribution in [0.4, 0.5) is 17.6 Å². The van der Waals surface area contributed by atoms with Crippen LogP contribution in [-0.4, -0.2) is 49.8 Å². The Morgan fingerprint density at radius 1 is 0.972 bits per heavy atom. The SMILES string of the molecule is Cl.Cl.N[C@H]1CCN([C@H](c2ccc3nnc(-c4ccc5ccc(C6CC6)c(F)c5n4)n3c2)C(F)(F)F)C1. The first kappa shape index (κ1) is 26.5. The van der Waals surface area contributed by atoms with Crippen LogP contribution in [0.1, 0.15) is 42.3 Å². The quantitative estimate of drug-likeness (QED) is 0.347. The third-order valence-electron chi connectivity index (χ3n) is 6.75. The van der Waals surface area contributed by atoms with E-state index >= 15 is 4.39 Å². The van der Waals surface area contributed by atoms with E-state index in [1.165, 1.54) is 27.6 Å². The van der Waals surface area contributed by atoms with Gasteiger partial charge in [0.15, 0.2) is 17.3 Å². The lowest BCUT2D eigenvalue weighted by atomic mass is 10.1. The first-order chi connectivity index (χ1) is 16.3. The highest BCUT2D eigenvalue weighted by Crippen LogP contribution is 2.43. The maximum Gasteiger partial charge on any atom is 0.408 e. The van der Waals surface area contributed by atoms with Crippen molar-refractivity contribution in [3.8, 4) is 11.5 Å². The third-order valence-corrected chi connectivity index (χ3v) is 6.75. The van der Waals surface area contributed by atoms with Gasteiger partial charge in [0.25, 0.3) is 0 Å². The molecule has 4 aromatic rings. The molecule has 6 rings (SSSR count). The highest BCUT2D eigenvalue weighted by atomic mass is 35.5. The average Bonchev–Trinajstić information content (AvgIpc) is 3.42. The number of halogens is 6. The van der Waals surface area contributed by atoms with Gasteiger partial charge in [0, 0.05) is 30.7 Å². The van der Waals surface area contributed by atoms with E-state index in [4.69, 9.17) is 5.73 Å². The summed E-state index contributed by atoms with van der Waals surface area (Å²) in [5, 5.41) is 8.90. The third kappa shape index (κ3) is 4.63. The van der Waals surface area contributed by atoms with Gasteiger partial charge < -0.3 is 5.73 Å². The summed E-state index contributed by atoms with van der Waals surface area (Å²) < 4.78 is 58.9. The van der Waals surface area contributed by atoms with Gasteiger partial charge in [-0.25, -0.2) is 9.37 Å². The van der Waals surface area contributed by atoms with Crippen molar-refractivity contribution >= 4 is 41.4 Å². The molecule has 1 aliphatic heterocycles. The van der Waals surface area contributed by atoms with E-state index in [9.17, 15) is 13.2 Å². The number of benzene rings is 1. The molecule has 6 nitrogen and oxygen atoms in total. The van der Waals surface area contributed by atoms with E-state index < -0.39 is 12.2 Å². The fourth-order valence-corrected chi connectivity index (χ4v) is 4.90. The predicted octanol–water partition coefficient (Wildman–Crippen LogP) is 5.44. The molecule has 2 fully saturated rings. The second kappa shape index (κ2) is 9.74. The summed E-state index contributed by atoms with van der Waals surface area (Å²) in [4.78, 5) is 5.86. The fraction of sp³-hybridized carbons (Fsp3) is 0.375. The van der Waals surface area contributed by atoms with Gasteiger partial charge in [-0.05, 0) is 48.4 Å². The zero-order chi connectivity index (χ0) is 23.6. The molecular weight excluding hydrogens is 519 g/mol. The molecule has 0 unspecified atom stereocenters. The highest BCUT2D eigenvalue weighted by Gasteiger charge is 2.46. The van der Waals surface area contributed by atoms with Crippen molar-refractivity contribution in [2.45, 2.75) is 43.4 Å². The number of pyridine rings is 2. The van der Waals surface area contributed by atoms with E-state index in [0.717, 1.165) is 12.8 Å². The molecule has 1 aliphatic carbocycles. The van der Waals surface area contributed by atoms with Gasteiger partial charge in [0.1, 0.15) is 17.3 Å². The number of hydrogen-bond acceptors (Lipinski definition) is 5. The standard InChI is InChI=1S/C24H22F4N6.2ClH/c25-20-17(13-1-2-13)6-3-14-4-7-18(30-21(14)20)23-32-31-19-8-5-15(11-34(19)23)22(24(26,27)28)33-10-9-16(29)12-33;;/h3-8,11,13,16,22H,1-2,9-10,12,29H2;2*1H/t16-,22+;;/m0../s1. The molecular formula is C24H24Cl2F4N6. The van der Waals surface area contributed by atoms with Crippen molar-refractivity contribution in [1.29, 1.82) is 0 Å². The molecule has 0 radical (unpaired) electrons. The molecule has 1 saturated heterocycles. The van der Waals surface area contributed by atoms with Crippen LogP contribution >= 0.6 is 24.8 Å². The van der Waals surface area contributed by atoms with Crippen LogP contribution in [0.5, 0.6) is 0 Å². The Balaban J connectivity index is 0.00000152. The Bertz CT molecular complexity index is 1400. The van der Waals surface area contributed by atoms with Gasteiger partial charge >= 0.3 is 6.18 Å². The average molecular weight is 543 g/mol. The Hall–Kier alpha value is -2.53.